The minimum atomic E-state index is 0. The van der Waals surface area contributed by atoms with Crippen LogP contribution < -0.4 is 0 Å². The smallest absolute Gasteiger partial charge is 0.0731 e. The van der Waals surface area contributed by atoms with E-state index in [4.69, 9.17) is 5.10 Å². The van der Waals surface area contributed by atoms with Crippen LogP contribution in [0, 0.1) is 20.8 Å². The van der Waals surface area contributed by atoms with Gasteiger partial charge in [0, 0.05) is 38.4 Å². The average molecular weight is 508 g/mol. The number of hydrogen-bond acceptors (Lipinski definition) is 1. The van der Waals surface area contributed by atoms with Gasteiger partial charge in [-0.3, -0.25) is 4.68 Å². The summed E-state index contributed by atoms with van der Waals surface area (Å²) in [6, 6.07) is 4.97. The van der Waals surface area contributed by atoms with Crippen molar-refractivity contribution in [3.05, 3.63) is 40.2 Å². The average Bonchev–Trinajstić information content (AvgIpc) is 2.78. The topological polar surface area (TPSA) is 17.8 Å². The Kier molecular flexibility index (Phi) is 7.05. The van der Waals surface area contributed by atoms with Crippen molar-refractivity contribution in [1.82, 2.24) is 9.78 Å². The molecule has 0 aliphatic rings. The second kappa shape index (κ2) is 8.00. The van der Waals surface area contributed by atoms with Crippen LogP contribution in [0.5, 0.6) is 0 Å². The number of aryl methyl sites for hydroxylation is 3. The third-order valence-corrected chi connectivity index (χ3v) is 4.48. The summed E-state index contributed by atoms with van der Waals surface area (Å²) in [6.45, 7) is 20.1. The van der Waals surface area contributed by atoms with Crippen LogP contribution in [0.25, 0.3) is 11.1 Å². The Hall–Kier alpha value is -0.882. The zero-order chi connectivity index (χ0) is 17.5. The fraction of sp³-hybridized carbons (Fsp3) is 0.571. The third kappa shape index (κ3) is 3.85. The third-order valence-electron chi connectivity index (χ3n) is 4.48. The van der Waals surface area contributed by atoms with E-state index in [-0.39, 0.29) is 21.1 Å². The Labute approximate surface area is 162 Å². The Balaban J connectivity index is 0.00000288. The molecule has 24 heavy (non-hydrogen) atoms. The molecule has 0 amide bonds. The van der Waals surface area contributed by atoms with E-state index in [0.717, 1.165) is 0 Å². The van der Waals surface area contributed by atoms with E-state index in [0.29, 0.717) is 17.9 Å². The summed E-state index contributed by atoms with van der Waals surface area (Å²) in [4.78, 5) is 0. The Bertz CT molecular complexity index is 686. The summed E-state index contributed by atoms with van der Waals surface area (Å²) in [5.41, 5.74) is 9.41. The van der Waals surface area contributed by atoms with Gasteiger partial charge in [-0.2, -0.15) is 5.10 Å². The van der Waals surface area contributed by atoms with Crippen molar-refractivity contribution < 1.29 is 21.1 Å². The van der Waals surface area contributed by atoms with E-state index in [2.05, 4.69) is 79.1 Å². The summed E-state index contributed by atoms with van der Waals surface area (Å²) in [5, 5.41) is 5.03. The zero-order valence-electron chi connectivity index (χ0n) is 16.6. The van der Waals surface area contributed by atoms with Gasteiger partial charge in [0.2, 0.25) is 0 Å². The predicted octanol–water partition coefficient (Wildman–Crippen LogP) is 6.30. The second-order valence-electron chi connectivity index (χ2n) is 7.77. The van der Waals surface area contributed by atoms with Crippen molar-refractivity contribution in [2.75, 3.05) is 0 Å². The van der Waals surface area contributed by atoms with Gasteiger partial charge in [0.05, 0.1) is 5.69 Å². The van der Waals surface area contributed by atoms with Crippen LogP contribution in [-0.2, 0) is 21.1 Å². The maximum absolute atomic E-state index is 5.03. The van der Waals surface area contributed by atoms with Crippen LogP contribution in [0.15, 0.2) is 12.1 Å². The van der Waals surface area contributed by atoms with Crippen LogP contribution in [0.3, 0.4) is 0 Å². The van der Waals surface area contributed by atoms with Gasteiger partial charge in [-0.15, -0.1) is 0 Å². The molecule has 0 spiro atoms. The van der Waals surface area contributed by atoms with Gasteiger partial charge in [0.15, 0.2) is 0 Å². The second-order valence-corrected chi connectivity index (χ2v) is 7.77. The van der Waals surface area contributed by atoms with Crippen LogP contribution in [0.1, 0.15) is 87.5 Å². The normalized spacial score (nSPS) is 11.5. The summed E-state index contributed by atoms with van der Waals surface area (Å²) in [6.07, 6.45) is 0. The molecule has 2 nitrogen and oxygen atoms in total. The van der Waals surface area contributed by atoms with Crippen LogP contribution in [-0.4, -0.2) is 9.78 Å². The molecule has 0 bridgehead atoms. The van der Waals surface area contributed by atoms with E-state index in [9.17, 15) is 0 Å². The molecule has 1 aromatic carbocycles. The maximum Gasteiger partial charge on any atom is 0.0731 e. The SMILES string of the molecule is Cc1cc(C)c(-c2c(C(C)C)nn(C(C)C)c2C(C)C)c(C)c1.[Pt]. The van der Waals surface area contributed by atoms with E-state index in [1.165, 1.54) is 39.2 Å². The fourth-order valence-corrected chi connectivity index (χ4v) is 3.65. The quantitative estimate of drug-likeness (QED) is 0.475. The molecule has 0 saturated carbocycles. The molecule has 136 valence electrons. The molecular formula is C21H32N2Pt. The largest absolute Gasteiger partial charge is 0.266 e. The molecular weight excluding hydrogens is 475 g/mol. The van der Waals surface area contributed by atoms with Crippen LogP contribution in [0.4, 0.5) is 0 Å². The zero-order valence-corrected chi connectivity index (χ0v) is 18.9. The fourth-order valence-electron chi connectivity index (χ4n) is 3.65. The van der Waals surface area contributed by atoms with Gasteiger partial charge < -0.3 is 0 Å². The maximum atomic E-state index is 5.03. The molecule has 0 unspecified atom stereocenters. The minimum Gasteiger partial charge on any atom is -0.266 e. The van der Waals surface area contributed by atoms with Gasteiger partial charge in [-0.25, -0.2) is 0 Å². The number of hydrogen-bond donors (Lipinski definition) is 0. The first kappa shape index (κ1) is 21.2. The van der Waals surface area contributed by atoms with E-state index >= 15 is 0 Å². The molecule has 2 rings (SSSR count). The molecule has 0 radical (unpaired) electrons. The van der Waals surface area contributed by atoms with Gasteiger partial charge in [-0.05, 0) is 63.1 Å². The van der Waals surface area contributed by atoms with Gasteiger partial charge in [-0.1, -0.05) is 45.4 Å². The van der Waals surface area contributed by atoms with E-state index in [1.807, 2.05) is 0 Å². The molecule has 2 aromatic rings. The Morgan fingerprint density at radius 3 is 1.67 bits per heavy atom. The van der Waals surface area contributed by atoms with E-state index in [1.54, 1.807) is 0 Å². The first-order valence-corrected chi connectivity index (χ1v) is 8.85. The Morgan fingerprint density at radius 1 is 0.792 bits per heavy atom. The number of nitrogens with zero attached hydrogens (tertiary/aromatic N) is 2. The van der Waals surface area contributed by atoms with Gasteiger partial charge in [0.25, 0.3) is 0 Å². The minimum absolute atomic E-state index is 0. The van der Waals surface area contributed by atoms with Crippen molar-refractivity contribution in [3.8, 4) is 11.1 Å². The molecule has 0 fully saturated rings. The van der Waals surface area contributed by atoms with Gasteiger partial charge in [0.1, 0.15) is 0 Å². The molecule has 0 saturated heterocycles. The van der Waals surface area contributed by atoms with Crippen molar-refractivity contribution in [2.24, 2.45) is 0 Å². The first-order valence-electron chi connectivity index (χ1n) is 8.85. The molecule has 0 aliphatic heterocycles. The number of benzene rings is 1. The summed E-state index contributed by atoms with van der Waals surface area (Å²) < 4.78 is 2.24. The van der Waals surface area contributed by atoms with Gasteiger partial charge >= 0.3 is 0 Å². The summed E-state index contributed by atoms with van der Waals surface area (Å²) >= 11 is 0. The van der Waals surface area contributed by atoms with Crippen molar-refractivity contribution in [2.45, 2.75) is 80.2 Å². The number of rotatable bonds is 4. The molecule has 0 N–H and O–H groups in total. The number of aromatic nitrogens is 2. The molecule has 3 heteroatoms. The molecule has 1 heterocycles. The van der Waals surface area contributed by atoms with Crippen molar-refractivity contribution >= 4 is 0 Å². The van der Waals surface area contributed by atoms with Crippen LogP contribution >= 0.6 is 0 Å². The van der Waals surface area contributed by atoms with Crippen LogP contribution in [0.2, 0.25) is 0 Å². The van der Waals surface area contributed by atoms with Crippen molar-refractivity contribution in [1.29, 1.82) is 0 Å². The van der Waals surface area contributed by atoms with E-state index < -0.39 is 0 Å². The Morgan fingerprint density at radius 2 is 1.29 bits per heavy atom. The monoisotopic (exact) mass is 507 g/mol. The summed E-state index contributed by atoms with van der Waals surface area (Å²) in [5.74, 6) is 0.870. The summed E-state index contributed by atoms with van der Waals surface area (Å²) in [7, 11) is 0. The molecule has 0 aliphatic carbocycles. The molecule has 1 aromatic heterocycles. The predicted molar refractivity (Wildman–Crippen MR) is 100 cm³/mol. The first-order chi connectivity index (χ1) is 10.6. The molecule has 0 atom stereocenters. The van der Waals surface area contributed by atoms with Crippen molar-refractivity contribution in [3.63, 3.8) is 0 Å². The standard InChI is InChI=1S/C21H32N2.Pt/c1-12(2)20-19(18-16(8)10-15(7)11-17(18)9)21(13(3)4)23(22-20)14(5)6;/h10-14H,1-9H3;.